The van der Waals surface area contributed by atoms with E-state index >= 15 is 0 Å². The molecule has 0 amide bonds. The number of likely N-dealkylation sites (tertiary alicyclic amines) is 1. The summed E-state index contributed by atoms with van der Waals surface area (Å²) < 4.78 is 9.55. The molecule has 2 rings (SSSR count). The van der Waals surface area contributed by atoms with Gasteiger partial charge in [-0.3, -0.25) is 4.90 Å². The Morgan fingerprint density at radius 3 is 2.94 bits per heavy atom. The Hall–Kier alpha value is -0.560. The summed E-state index contributed by atoms with van der Waals surface area (Å²) in [6, 6.07) is 0. The van der Waals surface area contributed by atoms with Crippen molar-refractivity contribution in [1.29, 1.82) is 0 Å². The fourth-order valence-corrected chi connectivity index (χ4v) is 3.14. The quantitative estimate of drug-likeness (QED) is 0.873. The number of aliphatic hydroxyl groups excluding tert-OH is 1. The molecular formula is C12H21N3O2S. The summed E-state index contributed by atoms with van der Waals surface area (Å²) in [4.78, 5) is 3.42. The van der Waals surface area contributed by atoms with Crippen molar-refractivity contribution in [1.82, 2.24) is 14.5 Å². The standard InChI is InChI=1S/C12H21N3O2S/c1-4-17-10-6-15(5-9(10)16)7-11-12(8(2)3)13-14-18-11/h8-10,16H,4-7H2,1-3H3/t9-,10-/m1/s1. The smallest absolute Gasteiger partial charge is 0.0972 e. The van der Waals surface area contributed by atoms with Crippen LogP contribution in [0.2, 0.25) is 0 Å². The summed E-state index contributed by atoms with van der Waals surface area (Å²) in [5.41, 5.74) is 1.08. The lowest BCUT2D eigenvalue weighted by molar-refractivity contribution is -0.00244. The van der Waals surface area contributed by atoms with Crippen molar-refractivity contribution < 1.29 is 9.84 Å². The molecule has 1 saturated heterocycles. The summed E-state index contributed by atoms with van der Waals surface area (Å²) in [5.74, 6) is 0.397. The van der Waals surface area contributed by atoms with Crippen LogP contribution in [0.3, 0.4) is 0 Å². The summed E-state index contributed by atoms with van der Waals surface area (Å²) in [5, 5.41) is 14.1. The zero-order valence-electron chi connectivity index (χ0n) is 11.2. The molecule has 5 nitrogen and oxygen atoms in total. The van der Waals surface area contributed by atoms with Crippen molar-refractivity contribution in [2.45, 2.75) is 45.4 Å². The molecule has 1 fully saturated rings. The van der Waals surface area contributed by atoms with Crippen molar-refractivity contribution in [2.24, 2.45) is 0 Å². The first-order valence-corrected chi connectivity index (χ1v) is 7.22. The molecule has 2 atom stereocenters. The lowest BCUT2D eigenvalue weighted by Gasteiger charge is -2.15. The van der Waals surface area contributed by atoms with Gasteiger partial charge < -0.3 is 9.84 Å². The second-order valence-electron chi connectivity index (χ2n) is 4.99. The molecule has 6 heteroatoms. The van der Waals surface area contributed by atoms with Crippen molar-refractivity contribution >= 4 is 11.5 Å². The third-order valence-electron chi connectivity index (χ3n) is 3.19. The summed E-state index contributed by atoms with van der Waals surface area (Å²) in [6.07, 6.45) is -0.438. The number of aliphatic hydroxyl groups is 1. The fourth-order valence-electron chi connectivity index (χ4n) is 2.31. The Labute approximate surface area is 112 Å². The van der Waals surface area contributed by atoms with Gasteiger partial charge in [-0.15, -0.1) is 5.10 Å². The molecule has 1 aliphatic heterocycles. The van der Waals surface area contributed by atoms with E-state index in [1.165, 1.54) is 16.4 Å². The summed E-state index contributed by atoms with van der Waals surface area (Å²) >= 11 is 1.46. The van der Waals surface area contributed by atoms with Crippen molar-refractivity contribution in [3.63, 3.8) is 0 Å². The van der Waals surface area contributed by atoms with Gasteiger partial charge in [-0.25, -0.2) is 0 Å². The van der Waals surface area contributed by atoms with Gasteiger partial charge in [-0.2, -0.15) is 0 Å². The minimum Gasteiger partial charge on any atom is -0.389 e. The minimum absolute atomic E-state index is 0.0571. The molecule has 0 unspecified atom stereocenters. The number of hydrogen-bond donors (Lipinski definition) is 1. The number of rotatable bonds is 5. The molecule has 0 bridgehead atoms. The Morgan fingerprint density at radius 1 is 1.50 bits per heavy atom. The highest BCUT2D eigenvalue weighted by molar-refractivity contribution is 7.05. The number of ether oxygens (including phenoxy) is 1. The SMILES string of the molecule is CCO[C@@H]1CN(Cc2snnc2C(C)C)C[C@H]1O. The molecule has 1 aromatic rings. The van der Waals surface area contributed by atoms with Gasteiger partial charge in [0.1, 0.15) is 0 Å². The maximum absolute atomic E-state index is 9.90. The van der Waals surface area contributed by atoms with Gasteiger partial charge in [0, 0.05) is 26.2 Å². The van der Waals surface area contributed by atoms with Crippen LogP contribution in [0, 0.1) is 0 Å². The van der Waals surface area contributed by atoms with E-state index in [-0.39, 0.29) is 12.2 Å². The number of aromatic nitrogens is 2. The molecule has 1 aromatic heterocycles. The van der Waals surface area contributed by atoms with Crippen molar-refractivity contribution in [3.05, 3.63) is 10.6 Å². The van der Waals surface area contributed by atoms with E-state index in [9.17, 15) is 5.11 Å². The third-order valence-corrected chi connectivity index (χ3v) is 3.91. The maximum Gasteiger partial charge on any atom is 0.0972 e. The monoisotopic (exact) mass is 271 g/mol. The molecule has 0 radical (unpaired) electrons. The number of nitrogens with zero attached hydrogens (tertiary/aromatic N) is 3. The van der Waals surface area contributed by atoms with Gasteiger partial charge in [-0.05, 0) is 24.4 Å². The largest absolute Gasteiger partial charge is 0.389 e. The van der Waals surface area contributed by atoms with Gasteiger partial charge in [0.25, 0.3) is 0 Å². The Kier molecular flexibility index (Phi) is 4.66. The van der Waals surface area contributed by atoms with E-state index in [1.54, 1.807) is 0 Å². The van der Waals surface area contributed by atoms with E-state index in [0.29, 0.717) is 19.1 Å². The lowest BCUT2D eigenvalue weighted by Crippen LogP contribution is -2.26. The Balaban J connectivity index is 1.96. The van der Waals surface area contributed by atoms with Crippen LogP contribution in [0.5, 0.6) is 0 Å². The Bertz CT molecular complexity index is 383. The average molecular weight is 271 g/mol. The van der Waals surface area contributed by atoms with Crippen LogP contribution in [0.15, 0.2) is 0 Å². The molecule has 2 heterocycles. The average Bonchev–Trinajstić information content (AvgIpc) is 2.88. The zero-order chi connectivity index (χ0) is 13.1. The molecule has 0 aromatic carbocycles. The lowest BCUT2D eigenvalue weighted by atomic mass is 10.1. The first-order valence-electron chi connectivity index (χ1n) is 6.45. The van der Waals surface area contributed by atoms with Crippen LogP contribution >= 0.6 is 11.5 Å². The van der Waals surface area contributed by atoms with Gasteiger partial charge in [-0.1, -0.05) is 18.3 Å². The van der Waals surface area contributed by atoms with Crippen LogP contribution < -0.4 is 0 Å². The molecule has 1 aliphatic rings. The van der Waals surface area contributed by atoms with Crippen LogP contribution in [-0.2, 0) is 11.3 Å². The molecule has 1 N–H and O–H groups in total. The van der Waals surface area contributed by atoms with Crippen LogP contribution in [0.1, 0.15) is 37.3 Å². The van der Waals surface area contributed by atoms with E-state index in [2.05, 4.69) is 28.3 Å². The number of β-amino-alcohol motifs (C(OH)–C–C–N with tert-alkyl or cyclic N) is 1. The highest BCUT2D eigenvalue weighted by atomic mass is 32.1. The van der Waals surface area contributed by atoms with E-state index < -0.39 is 0 Å². The first-order chi connectivity index (χ1) is 8.61. The third kappa shape index (κ3) is 3.06. The van der Waals surface area contributed by atoms with Gasteiger partial charge in [0.15, 0.2) is 0 Å². The fraction of sp³-hybridized carbons (Fsp3) is 0.833. The van der Waals surface area contributed by atoms with E-state index in [1.807, 2.05) is 6.92 Å². The summed E-state index contributed by atoms with van der Waals surface area (Å²) in [6.45, 7) is 9.12. The second-order valence-corrected chi connectivity index (χ2v) is 5.83. The zero-order valence-corrected chi connectivity index (χ0v) is 12.0. The molecular weight excluding hydrogens is 250 g/mol. The molecule has 0 spiro atoms. The molecule has 18 heavy (non-hydrogen) atoms. The van der Waals surface area contributed by atoms with Crippen molar-refractivity contribution in [2.75, 3.05) is 19.7 Å². The predicted molar refractivity (Wildman–Crippen MR) is 70.7 cm³/mol. The highest BCUT2D eigenvalue weighted by Crippen LogP contribution is 2.23. The van der Waals surface area contributed by atoms with Gasteiger partial charge in [0.2, 0.25) is 0 Å². The van der Waals surface area contributed by atoms with Crippen LogP contribution in [-0.4, -0.2) is 51.5 Å². The van der Waals surface area contributed by atoms with E-state index in [4.69, 9.17) is 4.74 Å². The highest BCUT2D eigenvalue weighted by Gasteiger charge is 2.32. The topological polar surface area (TPSA) is 58.5 Å². The Morgan fingerprint density at radius 2 is 2.28 bits per heavy atom. The first kappa shape index (κ1) is 13.9. The van der Waals surface area contributed by atoms with Gasteiger partial charge in [0.05, 0.1) is 22.8 Å². The normalized spacial score (nSPS) is 25.2. The van der Waals surface area contributed by atoms with E-state index in [0.717, 1.165) is 18.8 Å². The predicted octanol–water partition coefficient (Wildman–Crippen LogP) is 1.24. The van der Waals surface area contributed by atoms with Gasteiger partial charge >= 0.3 is 0 Å². The summed E-state index contributed by atoms with van der Waals surface area (Å²) in [7, 11) is 0. The van der Waals surface area contributed by atoms with Crippen molar-refractivity contribution in [3.8, 4) is 0 Å². The van der Waals surface area contributed by atoms with Crippen LogP contribution in [0.4, 0.5) is 0 Å². The molecule has 0 aliphatic carbocycles. The van der Waals surface area contributed by atoms with Crippen LogP contribution in [0.25, 0.3) is 0 Å². The molecule has 102 valence electrons. The second kappa shape index (κ2) is 6.06. The molecule has 0 saturated carbocycles. The number of hydrogen-bond acceptors (Lipinski definition) is 6. The minimum atomic E-state index is -0.381. The maximum atomic E-state index is 9.90.